The van der Waals surface area contributed by atoms with Crippen molar-refractivity contribution in [1.29, 1.82) is 0 Å². The minimum atomic E-state index is -0.932. The van der Waals surface area contributed by atoms with Crippen molar-refractivity contribution < 1.29 is 13.6 Å². The molecule has 2 aromatic carbocycles. The van der Waals surface area contributed by atoms with Crippen LogP contribution in [0.1, 0.15) is 16.1 Å². The quantitative estimate of drug-likeness (QED) is 0.729. The van der Waals surface area contributed by atoms with Gasteiger partial charge >= 0.3 is 0 Å². The lowest BCUT2D eigenvalue weighted by molar-refractivity contribution is 0.102. The molecular weight excluding hydrogens is 336 g/mol. The van der Waals surface area contributed by atoms with E-state index in [9.17, 15) is 13.6 Å². The Morgan fingerprint density at radius 3 is 2.71 bits per heavy atom. The molecule has 0 saturated heterocycles. The number of benzene rings is 2. The molecule has 0 atom stereocenters. The maximum absolute atomic E-state index is 13.8. The van der Waals surface area contributed by atoms with E-state index < -0.39 is 17.5 Å². The molecule has 1 heterocycles. The molecule has 0 radical (unpaired) electrons. The van der Waals surface area contributed by atoms with Gasteiger partial charge in [0.1, 0.15) is 17.3 Å². The predicted octanol–water partition coefficient (Wildman–Crippen LogP) is 4.57. The van der Waals surface area contributed by atoms with E-state index in [0.717, 1.165) is 12.1 Å². The highest BCUT2D eigenvalue weighted by Crippen LogP contribution is 2.30. The lowest BCUT2D eigenvalue weighted by Gasteiger charge is -2.08. The first-order valence-electron chi connectivity index (χ1n) is 7.03. The van der Waals surface area contributed by atoms with Gasteiger partial charge in [0.15, 0.2) is 0 Å². The van der Waals surface area contributed by atoms with Gasteiger partial charge in [-0.2, -0.15) is 5.10 Å². The van der Waals surface area contributed by atoms with Crippen molar-refractivity contribution in [3.05, 3.63) is 70.4 Å². The molecule has 0 unspecified atom stereocenters. The van der Waals surface area contributed by atoms with Crippen LogP contribution in [0, 0.1) is 18.6 Å². The number of halogens is 3. The Balaban J connectivity index is 1.96. The largest absolute Gasteiger partial charge is 0.318 e. The van der Waals surface area contributed by atoms with Crippen LogP contribution in [0.4, 0.5) is 14.5 Å². The molecule has 3 rings (SSSR count). The number of amides is 1. The highest BCUT2D eigenvalue weighted by molar-refractivity contribution is 6.30. The number of nitrogens with zero attached hydrogens (tertiary/aromatic N) is 1. The number of carbonyl (C=O) groups excluding carboxylic acids is 1. The highest BCUT2D eigenvalue weighted by Gasteiger charge is 2.18. The van der Waals surface area contributed by atoms with Crippen LogP contribution in [0.2, 0.25) is 5.02 Å². The third kappa shape index (κ3) is 3.14. The fourth-order valence-corrected chi connectivity index (χ4v) is 2.47. The lowest BCUT2D eigenvalue weighted by atomic mass is 10.1. The van der Waals surface area contributed by atoms with Crippen molar-refractivity contribution in [2.45, 2.75) is 6.92 Å². The summed E-state index contributed by atoms with van der Waals surface area (Å²) in [5, 5.41) is 10.1. The van der Waals surface area contributed by atoms with Crippen LogP contribution in [0.25, 0.3) is 11.3 Å². The summed E-state index contributed by atoms with van der Waals surface area (Å²) in [6.45, 7) is 1.72. The Labute approximate surface area is 141 Å². The SMILES string of the molecule is Cc1[nH]nc(-c2cccc(Cl)c2)c1NC(=O)c1ccc(F)cc1F. The summed E-state index contributed by atoms with van der Waals surface area (Å²) in [5.74, 6) is -2.37. The third-order valence-corrected chi connectivity index (χ3v) is 3.69. The average Bonchev–Trinajstić information content (AvgIpc) is 2.88. The number of hydrogen-bond donors (Lipinski definition) is 2. The van der Waals surface area contributed by atoms with E-state index in [1.165, 1.54) is 0 Å². The summed E-state index contributed by atoms with van der Waals surface area (Å²) >= 11 is 5.98. The van der Waals surface area contributed by atoms with Crippen molar-refractivity contribution in [2.24, 2.45) is 0 Å². The molecule has 0 bridgehead atoms. The van der Waals surface area contributed by atoms with E-state index in [-0.39, 0.29) is 5.56 Å². The van der Waals surface area contributed by atoms with E-state index in [2.05, 4.69) is 15.5 Å². The van der Waals surface area contributed by atoms with Crippen molar-refractivity contribution in [2.75, 3.05) is 5.32 Å². The Morgan fingerprint density at radius 2 is 2.00 bits per heavy atom. The number of aryl methyl sites for hydroxylation is 1. The topological polar surface area (TPSA) is 57.8 Å². The zero-order valence-corrected chi connectivity index (χ0v) is 13.3. The molecule has 0 spiro atoms. The van der Waals surface area contributed by atoms with Crippen LogP contribution in [0.3, 0.4) is 0 Å². The van der Waals surface area contributed by atoms with Gasteiger partial charge < -0.3 is 5.32 Å². The van der Waals surface area contributed by atoms with Gasteiger partial charge in [0.2, 0.25) is 0 Å². The average molecular weight is 348 g/mol. The Kier molecular flexibility index (Phi) is 4.31. The molecule has 0 aliphatic carbocycles. The number of H-pyrrole nitrogens is 1. The summed E-state index contributed by atoms with van der Waals surface area (Å²) in [7, 11) is 0. The fraction of sp³-hybridized carbons (Fsp3) is 0.0588. The molecule has 1 aromatic heterocycles. The second kappa shape index (κ2) is 6.41. The highest BCUT2D eigenvalue weighted by atomic mass is 35.5. The van der Waals surface area contributed by atoms with Gasteiger partial charge in [-0.15, -0.1) is 0 Å². The number of aromatic amines is 1. The standard InChI is InChI=1S/C17H12ClF2N3O/c1-9-15(16(23-22-9)10-3-2-4-11(18)7-10)21-17(24)13-6-5-12(19)8-14(13)20/h2-8H,1H3,(H,21,24)(H,22,23). The molecule has 7 heteroatoms. The number of carbonyl (C=O) groups is 1. The molecule has 0 fully saturated rings. The van der Waals surface area contributed by atoms with Crippen molar-refractivity contribution in [3.63, 3.8) is 0 Å². The summed E-state index contributed by atoms with van der Waals surface area (Å²) in [6.07, 6.45) is 0. The van der Waals surface area contributed by atoms with E-state index in [1.54, 1.807) is 31.2 Å². The van der Waals surface area contributed by atoms with Crippen molar-refractivity contribution in [3.8, 4) is 11.3 Å². The number of aromatic nitrogens is 2. The zero-order chi connectivity index (χ0) is 17.3. The summed E-state index contributed by atoms with van der Waals surface area (Å²) < 4.78 is 26.7. The molecule has 0 aliphatic rings. The maximum Gasteiger partial charge on any atom is 0.258 e. The third-order valence-electron chi connectivity index (χ3n) is 3.46. The van der Waals surface area contributed by atoms with Crippen LogP contribution in [-0.2, 0) is 0 Å². The van der Waals surface area contributed by atoms with Gasteiger partial charge in [-0.1, -0.05) is 23.7 Å². The maximum atomic E-state index is 13.8. The van der Waals surface area contributed by atoms with Crippen LogP contribution in [0.15, 0.2) is 42.5 Å². The first kappa shape index (κ1) is 16.1. The molecule has 0 aliphatic heterocycles. The van der Waals surface area contributed by atoms with Crippen molar-refractivity contribution >= 4 is 23.2 Å². The van der Waals surface area contributed by atoms with Crippen LogP contribution in [-0.4, -0.2) is 16.1 Å². The predicted molar refractivity (Wildman–Crippen MR) is 88.1 cm³/mol. The van der Waals surface area contributed by atoms with Gasteiger partial charge in [0.05, 0.1) is 16.9 Å². The minimum absolute atomic E-state index is 0.256. The minimum Gasteiger partial charge on any atom is -0.318 e. The Morgan fingerprint density at radius 1 is 1.21 bits per heavy atom. The number of hydrogen-bond acceptors (Lipinski definition) is 2. The van der Waals surface area contributed by atoms with Gasteiger partial charge in [0.25, 0.3) is 5.91 Å². The van der Waals surface area contributed by atoms with Crippen LogP contribution >= 0.6 is 11.6 Å². The molecule has 4 nitrogen and oxygen atoms in total. The fourth-order valence-electron chi connectivity index (χ4n) is 2.28. The van der Waals surface area contributed by atoms with Gasteiger partial charge in [-0.3, -0.25) is 9.89 Å². The normalized spacial score (nSPS) is 10.7. The van der Waals surface area contributed by atoms with Crippen LogP contribution < -0.4 is 5.32 Å². The Hall–Kier alpha value is -2.73. The lowest BCUT2D eigenvalue weighted by Crippen LogP contribution is -2.14. The molecule has 122 valence electrons. The van der Waals surface area contributed by atoms with Gasteiger partial charge in [-0.05, 0) is 31.2 Å². The molecule has 0 saturated carbocycles. The number of anilines is 1. The smallest absolute Gasteiger partial charge is 0.258 e. The van der Waals surface area contributed by atoms with E-state index >= 15 is 0 Å². The first-order chi connectivity index (χ1) is 11.5. The second-order valence-corrected chi connectivity index (χ2v) is 5.60. The zero-order valence-electron chi connectivity index (χ0n) is 12.5. The van der Waals surface area contributed by atoms with E-state index in [0.29, 0.717) is 33.7 Å². The van der Waals surface area contributed by atoms with Gasteiger partial charge in [-0.25, -0.2) is 8.78 Å². The summed E-state index contributed by atoms with van der Waals surface area (Å²) in [6, 6.07) is 9.74. The Bertz CT molecular complexity index is 924. The number of nitrogens with one attached hydrogen (secondary N) is 2. The van der Waals surface area contributed by atoms with Crippen LogP contribution in [0.5, 0.6) is 0 Å². The molecule has 1 amide bonds. The molecule has 3 aromatic rings. The molecular formula is C17H12ClF2N3O. The summed E-state index contributed by atoms with van der Waals surface area (Å²) in [5.41, 5.74) is 1.92. The second-order valence-electron chi connectivity index (χ2n) is 5.16. The summed E-state index contributed by atoms with van der Waals surface area (Å²) in [4.78, 5) is 12.3. The number of rotatable bonds is 3. The van der Waals surface area contributed by atoms with E-state index in [1.807, 2.05) is 0 Å². The molecule has 2 N–H and O–H groups in total. The van der Waals surface area contributed by atoms with Gasteiger partial charge in [0, 0.05) is 16.7 Å². The van der Waals surface area contributed by atoms with E-state index in [4.69, 9.17) is 11.6 Å². The monoisotopic (exact) mass is 347 g/mol. The first-order valence-corrected chi connectivity index (χ1v) is 7.41. The van der Waals surface area contributed by atoms with Crippen molar-refractivity contribution in [1.82, 2.24) is 10.2 Å². The molecule has 24 heavy (non-hydrogen) atoms.